The third kappa shape index (κ3) is 3.68. The molecule has 4 nitrogen and oxygen atoms in total. The Balaban J connectivity index is 2.69. The number of hydrogen-bond donors (Lipinski definition) is 1. The number of anilines is 1. The van der Waals surface area contributed by atoms with Crippen LogP contribution < -0.4 is 10.2 Å². The molecule has 0 saturated heterocycles. The molecule has 1 rings (SSSR count). The van der Waals surface area contributed by atoms with Crippen molar-refractivity contribution >= 4 is 34.0 Å². The average molecular weight is 248 g/mol. The van der Waals surface area contributed by atoms with Crippen LogP contribution in [0.15, 0.2) is 5.38 Å². The molecule has 0 aliphatic rings. The fourth-order valence-electron chi connectivity index (χ4n) is 1.16. The minimum atomic E-state index is -0.0187. The summed E-state index contributed by atoms with van der Waals surface area (Å²) in [6, 6.07) is 0. The topological polar surface area (TPSA) is 45.2 Å². The van der Waals surface area contributed by atoms with Gasteiger partial charge in [0.25, 0.3) is 0 Å². The number of rotatable bonds is 5. The fraction of sp³-hybridized carbons (Fsp3) is 0.556. The smallest absolute Gasteiger partial charge is 0.239 e. The molecule has 1 aromatic heterocycles. The van der Waals surface area contributed by atoms with E-state index in [1.165, 1.54) is 11.3 Å². The van der Waals surface area contributed by atoms with Gasteiger partial charge in [0.2, 0.25) is 5.91 Å². The molecular weight excluding hydrogens is 234 g/mol. The van der Waals surface area contributed by atoms with Gasteiger partial charge in [-0.2, -0.15) is 0 Å². The van der Waals surface area contributed by atoms with E-state index in [9.17, 15) is 4.79 Å². The summed E-state index contributed by atoms with van der Waals surface area (Å²) in [6.45, 7) is 3.19. The molecule has 0 atom stereocenters. The quantitative estimate of drug-likeness (QED) is 0.863. The minimum absolute atomic E-state index is 0.0187. The molecule has 0 spiro atoms. The Labute approximate surface area is 98.3 Å². The Kier molecular flexibility index (Phi) is 4.84. The summed E-state index contributed by atoms with van der Waals surface area (Å²) in [5.74, 6) is -0.0187. The lowest BCUT2D eigenvalue weighted by molar-refractivity contribution is -0.119. The van der Waals surface area contributed by atoms with Gasteiger partial charge >= 0.3 is 0 Å². The van der Waals surface area contributed by atoms with Crippen molar-refractivity contribution in [2.75, 3.05) is 25.0 Å². The third-order valence-electron chi connectivity index (χ3n) is 1.84. The molecule has 0 saturated carbocycles. The largest absolute Gasteiger partial charge is 0.358 e. The first kappa shape index (κ1) is 12.3. The SMILES string of the molecule is CCCN(CC(=O)NC)c1nc(Cl)cs1. The van der Waals surface area contributed by atoms with Gasteiger partial charge < -0.3 is 10.2 Å². The molecule has 84 valence electrons. The maximum absolute atomic E-state index is 11.3. The van der Waals surface area contributed by atoms with Crippen LogP contribution in [-0.4, -0.2) is 31.0 Å². The second-order valence-electron chi connectivity index (χ2n) is 3.05. The maximum atomic E-state index is 11.3. The number of aromatic nitrogens is 1. The van der Waals surface area contributed by atoms with Gasteiger partial charge in [-0.15, -0.1) is 11.3 Å². The van der Waals surface area contributed by atoms with Crippen LogP contribution in [0.3, 0.4) is 0 Å². The van der Waals surface area contributed by atoms with E-state index in [0.717, 1.165) is 18.1 Å². The van der Waals surface area contributed by atoms with Gasteiger partial charge in [-0.25, -0.2) is 4.98 Å². The van der Waals surface area contributed by atoms with Crippen LogP contribution >= 0.6 is 22.9 Å². The van der Waals surface area contributed by atoms with Crippen LogP contribution in [0.5, 0.6) is 0 Å². The van der Waals surface area contributed by atoms with E-state index in [4.69, 9.17) is 11.6 Å². The van der Waals surface area contributed by atoms with Crippen molar-refractivity contribution in [2.45, 2.75) is 13.3 Å². The van der Waals surface area contributed by atoms with Gasteiger partial charge in [0, 0.05) is 19.0 Å². The van der Waals surface area contributed by atoms with E-state index in [2.05, 4.69) is 17.2 Å². The van der Waals surface area contributed by atoms with Gasteiger partial charge in [0.05, 0.1) is 6.54 Å². The number of amides is 1. The Morgan fingerprint density at radius 3 is 2.93 bits per heavy atom. The number of carbonyl (C=O) groups excluding carboxylic acids is 1. The van der Waals surface area contributed by atoms with Crippen LogP contribution in [-0.2, 0) is 4.79 Å². The van der Waals surface area contributed by atoms with Gasteiger partial charge in [-0.1, -0.05) is 18.5 Å². The second kappa shape index (κ2) is 5.92. The molecule has 0 unspecified atom stereocenters. The monoisotopic (exact) mass is 247 g/mol. The normalized spacial score (nSPS) is 10.1. The summed E-state index contributed by atoms with van der Waals surface area (Å²) in [5.41, 5.74) is 0. The predicted molar refractivity (Wildman–Crippen MR) is 63.7 cm³/mol. The number of nitrogens with one attached hydrogen (secondary N) is 1. The van der Waals surface area contributed by atoms with Crippen molar-refractivity contribution < 1.29 is 4.79 Å². The van der Waals surface area contributed by atoms with Gasteiger partial charge in [0.1, 0.15) is 5.15 Å². The van der Waals surface area contributed by atoms with Crippen LogP contribution in [0.4, 0.5) is 5.13 Å². The van der Waals surface area contributed by atoms with E-state index in [0.29, 0.717) is 11.7 Å². The molecule has 1 N–H and O–H groups in total. The lowest BCUT2D eigenvalue weighted by Gasteiger charge is -2.19. The number of hydrogen-bond acceptors (Lipinski definition) is 4. The average Bonchev–Trinajstić information content (AvgIpc) is 2.64. The lowest BCUT2D eigenvalue weighted by Crippen LogP contribution is -2.36. The van der Waals surface area contributed by atoms with E-state index < -0.39 is 0 Å². The van der Waals surface area contributed by atoms with E-state index in [1.54, 1.807) is 12.4 Å². The van der Waals surface area contributed by atoms with Crippen molar-refractivity contribution in [3.05, 3.63) is 10.5 Å². The highest BCUT2D eigenvalue weighted by Crippen LogP contribution is 2.23. The Bertz CT molecular complexity index is 329. The van der Waals surface area contributed by atoms with Crippen LogP contribution in [0.2, 0.25) is 5.15 Å². The first-order valence-electron chi connectivity index (χ1n) is 4.74. The molecule has 1 aromatic rings. The van der Waals surface area contributed by atoms with Crippen LogP contribution in [0.1, 0.15) is 13.3 Å². The molecule has 1 amide bonds. The fourth-order valence-corrected chi connectivity index (χ4v) is 2.13. The first-order chi connectivity index (χ1) is 7.17. The minimum Gasteiger partial charge on any atom is -0.358 e. The molecule has 0 bridgehead atoms. The summed E-state index contributed by atoms with van der Waals surface area (Å²) in [4.78, 5) is 17.3. The highest BCUT2D eigenvalue weighted by molar-refractivity contribution is 7.14. The summed E-state index contributed by atoms with van der Waals surface area (Å²) in [7, 11) is 1.63. The zero-order valence-electron chi connectivity index (χ0n) is 8.79. The summed E-state index contributed by atoms with van der Waals surface area (Å²) >= 11 is 7.20. The van der Waals surface area contributed by atoms with Crippen molar-refractivity contribution in [1.82, 2.24) is 10.3 Å². The van der Waals surface area contributed by atoms with Crippen molar-refractivity contribution in [3.63, 3.8) is 0 Å². The highest BCUT2D eigenvalue weighted by atomic mass is 35.5. The molecule has 0 radical (unpaired) electrons. The Hall–Kier alpha value is -0.810. The molecule has 6 heteroatoms. The highest BCUT2D eigenvalue weighted by Gasteiger charge is 2.12. The molecule has 0 aromatic carbocycles. The number of thiazole rings is 1. The molecule has 0 aliphatic heterocycles. The number of likely N-dealkylation sites (N-methyl/N-ethyl adjacent to an activating group) is 1. The van der Waals surface area contributed by atoms with E-state index in [-0.39, 0.29) is 5.91 Å². The molecule has 0 aliphatic carbocycles. The summed E-state index contributed by atoms with van der Waals surface area (Å²) in [6.07, 6.45) is 0.966. The maximum Gasteiger partial charge on any atom is 0.239 e. The molecular formula is C9H14ClN3OS. The zero-order valence-corrected chi connectivity index (χ0v) is 10.4. The van der Waals surface area contributed by atoms with Crippen LogP contribution in [0.25, 0.3) is 0 Å². The Morgan fingerprint density at radius 1 is 1.73 bits per heavy atom. The number of nitrogens with zero attached hydrogens (tertiary/aromatic N) is 2. The van der Waals surface area contributed by atoms with E-state index in [1.807, 2.05) is 4.90 Å². The second-order valence-corrected chi connectivity index (χ2v) is 4.27. The van der Waals surface area contributed by atoms with E-state index >= 15 is 0 Å². The lowest BCUT2D eigenvalue weighted by atomic mass is 10.4. The Morgan fingerprint density at radius 2 is 2.47 bits per heavy atom. The molecule has 1 heterocycles. The summed E-state index contributed by atoms with van der Waals surface area (Å²) in [5, 5.41) is 5.64. The number of halogens is 1. The summed E-state index contributed by atoms with van der Waals surface area (Å²) < 4.78 is 0. The standard InChI is InChI=1S/C9H14ClN3OS/c1-3-4-13(5-8(14)11-2)9-12-7(10)6-15-9/h6H,3-5H2,1-2H3,(H,11,14). The molecule has 15 heavy (non-hydrogen) atoms. The number of carbonyl (C=O) groups is 1. The van der Waals surface area contributed by atoms with Crippen molar-refractivity contribution in [2.24, 2.45) is 0 Å². The molecule has 0 fully saturated rings. The van der Waals surface area contributed by atoms with Crippen LogP contribution in [0, 0.1) is 0 Å². The van der Waals surface area contributed by atoms with Gasteiger partial charge in [0.15, 0.2) is 5.13 Å². The van der Waals surface area contributed by atoms with Gasteiger partial charge in [-0.05, 0) is 6.42 Å². The zero-order chi connectivity index (χ0) is 11.3. The third-order valence-corrected chi connectivity index (χ3v) is 3.07. The predicted octanol–water partition coefficient (Wildman–Crippen LogP) is 1.76. The van der Waals surface area contributed by atoms with Crippen molar-refractivity contribution in [3.8, 4) is 0 Å². The van der Waals surface area contributed by atoms with Crippen molar-refractivity contribution in [1.29, 1.82) is 0 Å². The van der Waals surface area contributed by atoms with Gasteiger partial charge in [-0.3, -0.25) is 4.79 Å². The first-order valence-corrected chi connectivity index (χ1v) is 5.99.